The number of hydrogen-bond donors (Lipinski definition) is 2. The van der Waals surface area contributed by atoms with Crippen molar-refractivity contribution in [2.24, 2.45) is 11.7 Å². The summed E-state index contributed by atoms with van der Waals surface area (Å²) in [5.74, 6) is -6.35. The van der Waals surface area contributed by atoms with Crippen LogP contribution in [0.1, 0.15) is 22.6 Å². The van der Waals surface area contributed by atoms with Crippen LogP contribution in [0.4, 0.5) is 8.78 Å². The first-order chi connectivity index (χ1) is 15.4. The van der Waals surface area contributed by atoms with E-state index in [4.69, 9.17) is 10.5 Å². The van der Waals surface area contributed by atoms with Gasteiger partial charge in [-0.05, 0) is 46.4 Å². The Hall–Kier alpha value is -3.58. The van der Waals surface area contributed by atoms with Crippen molar-refractivity contribution in [2.75, 3.05) is 6.61 Å². The maximum Gasteiger partial charge on any atom is 0.321 e. The van der Waals surface area contributed by atoms with Crippen molar-refractivity contribution in [3.8, 4) is 11.1 Å². The van der Waals surface area contributed by atoms with Crippen molar-refractivity contribution in [3.05, 3.63) is 95.1 Å². The lowest BCUT2D eigenvalue weighted by Gasteiger charge is -2.21. The molecule has 0 aromatic heterocycles. The minimum absolute atomic E-state index is 0.0332. The molecule has 7 heteroatoms. The highest BCUT2D eigenvalue weighted by molar-refractivity contribution is 5.95. The number of esters is 1. The van der Waals surface area contributed by atoms with Crippen LogP contribution >= 0.6 is 0 Å². The number of aliphatic carboxylic acids is 1. The molecule has 32 heavy (non-hydrogen) atoms. The molecular formula is C25H21F2NO4. The van der Waals surface area contributed by atoms with Gasteiger partial charge in [-0.1, -0.05) is 54.6 Å². The summed E-state index contributed by atoms with van der Waals surface area (Å²) < 4.78 is 32.0. The quantitative estimate of drug-likeness (QED) is 0.432. The normalized spacial score (nSPS) is 14.3. The average molecular weight is 437 g/mol. The molecule has 0 aliphatic heterocycles. The van der Waals surface area contributed by atoms with Gasteiger partial charge in [0.2, 0.25) is 0 Å². The fraction of sp³-hybridized carbons (Fsp3) is 0.200. The van der Waals surface area contributed by atoms with Gasteiger partial charge < -0.3 is 15.6 Å². The van der Waals surface area contributed by atoms with E-state index in [-0.39, 0.29) is 24.5 Å². The van der Waals surface area contributed by atoms with Crippen LogP contribution in [0.25, 0.3) is 11.1 Å². The molecule has 1 aliphatic carbocycles. The standard InChI is InChI=1S/C25H21F2NO4/c26-20-10-9-14(11-21(20)27)12-22(28)23(24(29)30)25(31)32-13-19-17-7-3-1-5-15(17)16-6-2-4-8-18(16)19/h1-11,19,22-23H,12-13,28H2,(H,29,30)/t22?,23-/m0/s1. The van der Waals surface area contributed by atoms with E-state index in [0.29, 0.717) is 0 Å². The number of benzene rings is 3. The summed E-state index contributed by atoms with van der Waals surface area (Å²) in [6.07, 6.45) is -0.127. The van der Waals surface area contributed by atoms with E-state index in [2.05, 4.69) is 0 Å². The van der Waals surface area contributed by atoms with Gasteiger partial charge in [-0.3, -0.25) is 9.59 Å². The molecule has 0 fully saturated rings. The molecule has 0 saturated heterocycles. The van der Waals surface area contributed by atoms with Crippen LogP contribution in [-0.4, -0.2) is 29.7 Å². The highest BCUT2D eigenvalue weighted by Crippen LogP contribution is 2.44. The van der Waals surface area contributed by atoms with Crippen molar-refractivity contribution in [3.63, 3.8) is 0 Å². The molecule has 0 heterocycles. The minimum atomic E-state index is -1.64. The van der Waals surface area contributed by atoms with Crippen molar-refractivity contribution in [2.45, 2.75) is 18.4 Å². The Morgan fingerprint density at radius 3 is 2.09 bits per heavy atom. The number of hydrogen-bond acceptors (Lipinski definition) is 4. The SMILES string of the molecule is NC(Cc1ccc(F)c(F)c1)[C@@H](C(=O)O)C(=O)OCC1c2ccccc2-c2ccccc21. The largest absolute Gasteiger partial charge is 0.481 e. The molecule has 3 N–H and O–H groups in total. The van der Waals surface area contributed by atoms with Gasteiger partial charge in [0.05, 0.1) is 0 Å². The van der Waals surface area contributed by atoms with Gasteiger partial charge in [0.1, 0.15) is 6.61 Å². The van der Waals surface area contributed by atoms with E-state index in [1.807, 2.05) is 48.5 Å². The number of halogens is 2. The molecule has 4 rings (SSSR count). The number of fused-ring (bicyclic) bond motifs is 3. The highest BCUT2D eigenvalue weighted by Gasteiger charge is 2.36. The summed E-state index contributed by atoms with van der Waals surface area (Å²) in [6, 6.07) is 17.6. The summed E-state index contributed by atoms with van der Waals surface area (Å²) in [5, 5.41) is 9.58. The molecular weight excluding hydrogens is 416 g/mol. The van der Waals surface area contributed by atoms with Gasteiger partial charge in [0.15, 0.2) is 17.6 Å². The van der Waals surface area contributed by atoms with Gasteiger partial charge >= 0.3 is 11.9 Å². The Kier molecular flexibility index (Phi) is 6.01. The molecule has 164 valence electrons. The van der Waals surface area contributed by atoms with Crippen LogP contribution < -0.4 is 5.73 Å². The molecule has 1 aliphatic rings. The summed E-state index contributed by atoms with van der Waals surface area (Å²) in [4.78, 5) is 24.5. The Balaban J connectivity index is 1.49. The van der Waals surface area contributed by atoms with E-state index in [0.717, 1.165) is 34.4 Å². The summed E-state index contributed by atoms with van der Waals surface area (Å²) in [5.41, 5.74) is 10.4. The minimum Gasteiger partial charge on any atom is -0.481 e. The maximum absolute atomic E-state index is 13.5. The summed E-state index contributed by atoms with van der Waals surface area (Å²) >= 11 is 0. The summed E-state index contributed by atoms with van der Waals surface area (Å²) in [6.45, 7) is -0.0332. The second-order valence-corrected chi connectivity index (χ2v) is 7.79. The predicted molar refractivity (Wildman–Crippen MR) is 114 cm³/mol. The number of carbonyl (C=O) groups excluding carboxylic acids is 1. The molecule has 3 aromatic carbocycles. The second-order valence-electron chi connectivity index (χ2n) is 7.79. The van der Waals surface area contributed by atoms with E-state index < -0.39 is 35.5 Å². The number of carboxylic acids is 1. The molecule has 3 aromatic rings. The monoisotopic (exact) mass is 437 g/mol. The van der Waals surface area contributed by atoms with Gasteiger partial charge in [-0.25, -0.2) is 8.78 Å². The molecule has 2 atom stereocenters. The van der Waals surface area contributed by atoms with Gasteiger partial charge in [-0.15, -0.1) is 0 Å². The van der Waals surface area contributed by atoms with Crippen LogP contribution in [0.15, 0.2) is 66.7 Å². The van der Waals surface area contributed by atoms with Gasteiger partial charge in [-0.2, -0.15) is 0 Å². The van der Waals surface area contributed by atoms with Gasteiger partial charge in [0, 0.05) is 12.0 Å². The number of rotatable bonds is 7. The van der Waals surface area contributed by atoms with Crippen molar-refractivity contribution in [1.29, 1.82) is 0 Å². The first-order valence-electron chi connectivity index (χ1n) is 10.1. The van der Waals surface area contributed by atoms with Crippen molar-refractivity contribution < 1.29 is 28.2 Å². The zero-order valence-electron chi connectivity index (χ0n) is 17.0. The topological polar surface area (TPSA) is 89.6 Å². The average Bonchev–Trinajstić information content (AvgIpc) is 3.08. The smallest absolute Gasteiger partial charge is 0.321 e. The fourth-order valence-electron chi connectivity index (χ4n) is 4.21. The summed E-state index contributed by atoms with van der Waals surface area (Å²) in [7, 11) is 0. The maximum atomic E-state index is 13.5. The number of ether oxygens (including phenoxy) is 1. The van der Waals surface area contributed by atoms with E-state index in [1.165, 1.54) is 6.07 Å². The Bertz CT molecular complexity index is 1130. The third-order valence-electron chi connectivity index (χ3n) is 5.76. The fourth-order valence-corrected chi connectivity index (χ4v) is 4.21. The molecule has 1 unspecified atom stereocenters. The van der Waals surface area contributed by atoms with Crippen molar-refractivity contribution in [1.82, 2.24) is 0 Å². The van der Waals surface area contributed by atoms with Crippen LogP contribution in [0.2, 0.25) is 0 Å². The van der Waals surface area contributed by atoms with Crippen molar-refractivity contribution >= 4 is 11.9 Å². The third-order valence-corrected chi connectivity index (χ3v) is 5.76. The number of carbonyl (C=O) groups is 2. The lowest BCUT2D eigenvalue weighted by atomic mass is 9.94. The third kappa shape index (κ3) is 4.11. The van der Waals surface area contributed by atoms with Crippen LogP contribution in [0.5, 0.6) is 0 Å². The Morgan fingerprint density at radius 2 is 1.53 bits per heavy atom. The van der Waals surface area contributed by atoms with E-state index in [9.17, 15) is 23.5 Å². The molecule has 0 radical (unpaired) electrons. The molecule has 0 spiro atoms. The van der Waals surface area contributed by atoms with Crippen LogP contribution in [0.3, 0.4) is 0 Å². The van der Waals surface area contributed by atoms with E-state index >= 15 is 0 Å². The molecule has 5 nitrogen and oxygen atoms in total. The molecule has 0 amide bonds. The lowest BCUT2D eigenvalue weighted by molar-refractivity contribution is -0.159. The highest BCUT2D eigenvalue weighted by atomic mass is 19.2. The van der Waals surface area contributed by atoms with Crippen LogP contribution in [-0.2, 0) is 20.7 Å². The van der Waals surface area contributed by atoms with Gasteiger partial charge in [0.25, 0.3) is 0 Å². The Labute approximate surface area is 183 Å². The Morgan fingerprint density at radius 1 is 0.938 bits per heavy atom. The zero-order chi connectivity index (χ0) is 22.8. The first-order valence-corrected chi connectivity index (χ1v) is 10.1. The molecule has 0 bridgehead atoms. The number of nitrogens with two attached hydrogens (primary N) is 1. The number of carboxylic acid groups (broad SMARTS) is 1. The predicted octanol–water partition coefficient (Wildman–Crippen LogP) is 3.89. The molecule has 0 saturated carbocycles. The lowest BCUT2D eigenvalue weighted by Crippen LogP contribution is -2.43. The first kappa shape index (κ1) is 21.6. The second kappa shape index (κ2) is 8.88. The van der Waals surface area contributed by atoms with Crippen LogP contribution in [0, 0.1) is 17.6 Å². The van der Waals surface area contributed by atoms with E-state index in [1.54, 1.807) is 0 Å². The zero-order valence-corrected chi connectivity index (χ0v) is 17.0.